The molecule has 0 saturated heterocycles. The van der Waals surface area contributed by atoms with Gasteiger partial charge in [-0.3, -0.25) is 9.59 Å². The predicted octanol–water partition coefficient (Wildman–Crippen LogP) is 3.30. The summed E-state index contributed by atoms with van der Waals surface area (Å²) in [5, 5.41) is 9.11. The Kier molecular flexibility index (Phi) is 7.03. The van der Waals surface area contributed by atoms with Crippen LogP contribution >= 0.6 is 0 Å². The number of carboxylic acid groups (broad SMARTS) is 1. The lowest BCUT2D eigenvalue weighted by Crippen LogP contribution is -2.44. The second-order valence-corrected chi connectivity index (χ2v) is 6.53. The van der Waals surface area contributed by atoms with Gasteiger partial charge in [-0.25, -0.2) is 0 Å². The standard InChI is InChI=1S/C16H29NO3/c1-12(2)10-15(18)17(11-13(3)16(19)20)14-8-6-4-5-7-9-14/h12-14H,4-11H2,1-3H3,(H,19,20). The molecule has 1 aliphatic rings. The minimum absolute atomic E-state index is 0.125. The number of aliphatic carboxylic acids is 1. The third kappa shape index (κ3) is 5.51. The molecule has 0 heterocycles. The highest BCUT2D eigenvalue weighted by atomic mass is 16.4. The molecule has 0 aromatic rings. The molecule has 0 spiro atoms. The maximum atomic E-state index is 12.5. The molecular formula is C16H29NO3. The molecule has 116 valence electrons. The van der Waals surface area contributed by atoms with E-state index in [-0.39, 0.29) is 11.9 Å². The quantitative estimate of drug-likeness (QED) is 0.761. The minimum atomic E-state index is -0.819. The topological polar surface area (TPSA) is 57.6 Å². The van der Waals surface area contributed by atoms with Crippen molar-refractivity contribution in [3.63, 3.8) is 0 Å². The lowest BCUT2D eigenvalue weighted by Gasteiger charge is -2.33. The van der Waals surface area contributed by atoms with Crippen LogP contribution in [0.2, 0.25) is 0 Å². The van der Waals surface area contributed by atoms with E-state index in [0.29, 0.717) is 18.9 Å². The van der Waals surface area contributed by atoms with Gasteiger partial charge in [0, 0.05) is 19.0 Å². The van der Waals surface area contributed by atoms with Crippen molar-refractivity contribution in [2.24, 2.45) is 11.8 Å². The predicted molar refractivity (Wildman–Crippen MR) is 79.5 cm³/mol. The molecule has 20 heavy (non-hydrogen) atoms. The number of hydrogen-bond acceptors (Lipinski definition) is 2. The molecule has 0 radical (unpaired) electrons. The van der Waals surface area contributed by atoms with Gasteiger partial charge >= 0.3 is 5.97 Å². The summed E-state index contributed by atoms with van der Waals surface area (Å²) in [6, 6.07) is 0.241. The lowest BCUT2D eigenvalue weighted by molar-refractivity contribution is -0.144. The summed E-state index contributed by atoms with van der Waals surface area (Å²) in [6.07, 6.45) is 7.33. The summed E-state index contributed by atoms with van der Waals surface area (Å²) in [4.78, 5) is 25.4. The molecule has 4 nitrogen and oxygen atoms in total. The maximum absolute atomic E-state index is 12.5. The number of carboxylic acids is 1. The van der Waals surface area contributed by atoms with Gasteiger partial charge in [-0.05, 0) is 18.8 Å². The molecule has 0 aliphatic heterocycles. The minimum Gasteiger partial charge on any atom is -0.481 e. The van der Waals surface area contributed by atoms with E-state index in [1.165, 1.54) is 12.8 Å². The molecule has 4 heteroatoms. The first-order valence-electron chi connectivity index (χ1n) is 7.94. The van der Waals surface area contributed by atoms with Gasteiger partial charge in [-0.2, -0.15) is 0 Å². The third-order valence-corrected chi connectivity index (χ3v) is 4.06. The monoisotopic (exact) mass is 283 g/mol. The molecular weight excluding hydrogens is 254 g/mol. The summed E-state index contributed by atoms with van der Waals surface area (Å²) in [6.45, 7) is 6.10. The largest absolute Gasteiger partial charge is 0.481 e. The molecule has 1 fully saturated rings. The van der Waals surface area contributed by atoms with Crippen LogP contribution in [0.15, 0.2) is 0 Å². The van der Waals surface area contributed by atoms with Gasteiger partial charge < -0.3 is 10.0 Å². The van der Waals surface area contributed by atoms with Crippen molar-refractivity contribution in [1.29, 1.82) is 0 Å². The molecule has 0 aromatic heterocycles. The van der Waals surface area contributed by atoms with Gasteiger partial charge in [0.1, 0.15) is 0 Å². The molecule has 1 rings (SSSR count). The fourth-order valence-electron chi connectivity index (χ4n) is 2.86. The molecule has 1 saturated carbocycles. The van der Waals surface area contributed by atoms with E-state index >= 15 is 0 Å². The van der Waals surface area contributed by atoms with Crippen molar-refractivity contribution < 1.29 is 14.7 Å². The van der Waals surface area contributed by atoms with Gasteiger partial charge in [0.05, 0.1) is 5.92 Å². The van der Waals surface area contributed by atoms with Crippen molar-refractivity contribution in [2.45, 2.75) is 71.8 Å². The fraction of sp³-hybridized carbons (Fsp3) is 0.875. The first-order chi connectivity index (χ1) is 9.41. The zero-order valence-electron chi connectivity index (χ0n) is 13.1. The van der Waals surface area contributed by atoms with E-state index in [0.717, 1.165) is 25.7 Å². The zero-order valence-corrected chi connectivity index (χ0v) is 13.1. The SMILES string of the molecule is CC(C)CC(=O)N(CC(C)C(=O)O)C1CCCCCC1. The molecule has 1 aliphatic carbocycles. The van der Waals surface area contributed by atoms with Gasteiger partial charge in [0.25, 0.3) is 0 Å². The van der Waals surface area contributed by atoms with Crippen LogP contribution in [0.4, 0.5) is 0 Å². The Bertz CT molecular complexity index is 320. The summed E-state index contributed by atoms with van der Waals surface area (Å²) in [5.74, 6) is -0.869. The second-order valence-electron chi connectivity index (χ2n) is 6.53. The highest BCUT2D eigenvalue weighted by Gasteiger charge is 2.28. The summed E-state index contributed by atoms with van der Waals surface area (Å²) in [5.41, 5.74) is 0. The van der Waals surface area contributed by atoms with E-state index in [1.54, 1.807) is 6.92 Å². The Balaban J connectivity index is 2.75. The Labute approximate surface area is 122 Å². The van der Waals surface area contributed by atoms with E-state index in [1.807, 2.05) is 18.7 Å². The van der Waals surface area contributed by atoms with E-state index in [4.69, 9.17) is 5.11 Å². The normalized spacial score (nSPS) is 18.6. The molecule has 1 unspecified atom stereocenters. The first-order valence-corrected chi connectivity index (χ1v) is 7.94. The van der Waals surface area contributed by atoms with Crippen molar-refractivity contribution in [2.75, 3.05) is 6.54 Å². The van der Waals surface area contributed by atoms with Crippen LogP contribution in [-0.2, 0) is 9.59 Å². The Hall–Kier alpha value is -1.06. The second kappa shape index (κ2) is 8.28. The number of amides is 1. The number of rotatable bonds is 6. The molecule has 1 N–H and O–H groups in total. The van der Waals surface area contributed by atoms with Crippen LogP contribution in [-0.4, -0.2) is 34.5 Å². The highest BCUT2D eigenvalue weighted by molar-refractivity contribution is 5.78. The maximum Gasteiger partial charge on any atom is 0.308 e. The van der Waals surface area contributed by atoms with Crippen molar-refractivity contribution >= 4 is 11.9 Å². The highest BCUT2D eigenvalue weighted by Crippen LogP contribution is 2.24. The van der Waals surface area contributed by atoms with E-state index < -0.39 is 11.9 Å². The van der Waals surface area contributed by atoms with Gasteiger partial charge in [0.15, 0.2) is 0 Å². The van der Waals surface area contributed by atoms with Crippen LogP contribution in [0.5, 0.6) is 0 Å². The Morgan fingerprint density at radius 1 is 1.10 bits per heavy atom. The van der Waals surface area contributed by atoms with Crippen molar-refractivity contribution in [1.82, 2.24) is 4.90 Å². The summed E-state index contributed by atoms with van der Waals surface area (Å²) < 4.78 is 0. The summed E-state index contributed by atoms with van der Waals surface area (Å²) >= 11 is 0. The molecule has 0 bridgehead atoms. The van der Waals surface area contributed by atoms with E-state index in [2.05, 4.69) is 0 Å². The Morgan fingerprint density at radius 3 is 2.10 bits per heavy atom. The first kappa shape index (κ1) is 17.0. The van der Waals surface area contributed by atoms with Crippen LogP contribution in [0.3, 0.4) is 0 Å². The van der Waals surface area contributed by atoms with E-state index in [9.17, 15) is 9.59 Å². The smallest absolute Gasteiger partial charge is 0.308 e. The fourth-order valence-corrected chi connectivity index (χ4v) is 2.86. The molecule has 1 amide bonds. The molecule has 1 atom stereocenters. The zero-order chi connectivity index (χ0) is 15.1. The lowest BCUT2D eigenvalue weighted by atomic mass is 10.0. The van der Waals surface area contributed by atoms with Crippen molar-refractivity contribution in [3.8, 4) is 0 Å². The average molecular weight is 283 g/mol. The third-order valence-electron chi connectivity index (χ3n) is 4.06. The van der Waals surface area contributed by atoms with Gasteiger partial charge in [0.2, 0.25) is 5.91 Å². The van der Waals surface area contributed by atoms with Crippen LogP contribution in [0.1, 0.15) is 65.7 Å². The number of carbonyl (C=O) groups excluding carboxylic acids is 1. The number of hydrogen-bond donors (Lipinski definition) is 1. The molecule has 0 aromatic carbocycles. The summed E-state index contributed by atoms with van der Waals surface area (Å²) in [7, 11) is 0. The van der Waals surface area contributed by atoms with Crippen molar-refractivity contribution in [3.05, 3.63) is 0 Å². The number of nitrogens with zero attached hydrogens (tertiary/aromatic N) is 1. The van der Waals surface area contributed by atoms with Crippen LogP contribution in [0.25, 0.3) is 0 Å². The van der Waals surface area contributed by atoms with Gasteiger partial charge in [-0.1, -0.05) is 46.5 Å². The average Bonchev–Trinajstić information content (AvgIpc) is 2.63. The van der Waals surface area contributed by atoms with Gasteiger partial charge in [-0.15, -0.1) is 0 Å². The van der Waals surface area contributed by atoms with Crippen LogP contribution < -0.4 is 0 Å². The Morgan fingerprint density at radius 2 is 1.65 bits per heavy atom. The van der Waals surface area contributed by atoms with Crippen LogP contribution in [0, 0.1) is 11.8 Å². The number of carbonyl (C=O) groups is 2.